The van der Waals surface area contributed by atoms with Crippen LogP contribution >= 0.6 is 15.9 Å². The quantitative estimate of drug-likeness (QED) is 0.571. The summed E-state index contributed by atoms with van der Waals surface area (Å²) in [5.41, 5.74) is 4.18. The molecule has 1 heterocycles. The molecule has 1 unspecified atom stereocenters. The molecule has 4 rings (SSSR count). The highest BCUT2D eigenvalue weighted by Gasteiger charge is 2.43. The highest BCUT2D eigenvalue weighted by atomic mass is 79.9. The highest BCUT2D eigenvalue weighted by molar-refractivity contribution is 9.10. The number of methoxy groups -OCH3 is 1. The zero-order valence-corrected chi connectivity index (χ0v) is 20.3. The first kappa shape index (κ1) is 22.3. The van der Waals surface area contributed by atoms with Crippen molar-refractivity contribution in [2.75, 3.05) is 12.4 Å². The number of allylic oxidation sites excluding steroid dienone is 3. The van der Waals surface area contributed by atoms with Gasteiger partial charge in [-0.05, 0) is 49.1 Å². The number of ketones is 1. The van der Waals surface area contributed by atoms with Gasteiger partial charge in [-0.2, -0.15) is 0 Å². The number of para-hydroxylation sites is 1. The van der Waals surface area contributed by atoms with E-state index in [1.165, 1.54) is 0 Å². The minimum Gasteiger partial charge on any atom is -0.496 e. The molecule has 0 saturated heterocycles. The zero-order chi connectivity index (χ0) is 23.0. The molecule has 2 aromatic rings. The summed E-state index contributed by atoms with van der Waals surface area (Å²) in [4.78, 5) is 27.0. The molecule has 5 nitrogen and oxygen atoms in total. The van der Waals surface area contributed by atoms with E-state index in [0.29, 0.717) is 29.0 Å². The highest BCUT2D eigenvalue weighted by Crippen LogP contribution is 2.49. The van der Waals surface area contributed by atoms with Crippen LogP contribution in [-0.2, 0) is 9.59 Å². The summed E-state index contributed by atoms with van der Waals surface area (Å²) in [5, 5.41) is 6.40. The smallest absolute Gasteiger partial charge is 0.254 e. The number of hydrogen-bond acceptors (Lipinski definition) is 4. The van der Waals surface area contributed by atoms with Crippen molar-refractivity contribution >= 4 is 33.3 Å². The van der Waals surface area contributed by atoms with Gasteiger partial charge in [-0.1, -0.05) is 48.0 Å². The lowest BCUT2D eigenvalue weighted by molar-refractivity contribution is -0.118. The monoisotopic (exact) mass is 494 g/mol. The molecule has 2 aliphatic rings. The number of Topliss-reactive ketones (excluding diaryl/α,β-unsaturated/α-hetero) is 1. The third kappa shape index (κ3) is 4.24. The van der Waals surface area contributed by atoms with Crippen LogP contribution in [0.3, 0.4) is 0 Å². The van der Waals surface area contributed by atoms with Gasteiger partial charge in [-0.3, -0.25) is 9.59 Å². The van der Waals surface area contributed by atoms with Crippen LogP contribution in [0.25, 0.3) is 0 Å². The predicted octanol–water partition coefficient (Wildman–Crippen LogP) is 5.70. The molecule has 32 heavy (non-hydrogen) atoms. The third-order valence-electron chi connectivity index (χ3n) is 6.02. The molecule has 1 aliphatic heterocycles. The molecular formula is C26H27BrN2O3. The van der Waals surface area contributed by atoms with Crippen molar-refractivity contribution in [2.45, 2.75) is 39.5 Å². The number of ether oxygens (including phenoxy) is 1. The Bertz CT molecular complexity index is 1150. The number of hydrogen-bond donors (Lipinski definition) is 2. The Balaban J connectivity index is 1.88. The first-order chi connectivity index (χ1) is 15.2. The summed E-state index contributed by atoms with van der Waals surface area (Å²) >= 11 is 3.55. The second-order valence-electron chi connectivity index (χ2n) is 9.14. The second kappa shape index (κ2) is 8.58. The molecule has 0 bridgehead atoms. The third-order valence-corrected chi connectivity index (χ3v) is 6.51. The maximum atomic E-state index is 13.6. The topological polar surface area (TPSA) is 67.4 Å². The molecule has 0 aromatic heterocycles. The maximum absolute atomic E-state index is 13.6. The normalized spacial score (nSPS) is 19.9. The molecular weight excluding hydrogens is 468 g/mol. The number of carbonyl (C=O) groups excluding carboxylic acids is 2. The van der Waals surface area contributed by atoms with Crippen LogP contribution in [0.5, 0.6) is 5.75 Å². The van der Waals surface area contributed by atoms with Crippen LogP contribution in [0.2, 0.25) is 0 Å². The van der Waals surface area contributed by atoms with E-state index in [4.69, 9.17) is 4.74 Å². The van der Waals surface area contributed by atoms with Crippen LogP contribution < -0.4 is 15.4 Å². The number of halogens is 1. The van der Waals surface area contributed by atoms with E-state index in [9.17, 15) is 9.59 Å². The molecule has 0 spiro atoms. The average Bonchev–Trinajstić information content (AvgIpc) is 2.72. The molecule has 2 aromatic carbocycles. The van der Waals surface area contributed by atoms with Gasteiger partial charge in [0.1, 0.15) is 5.75 Å². The van der Waals surface area contributed by atoms with Gasteiger partial charge < -0.3 is 15.4 Å². The number of nitrogens with one attached hydrogen (secondary N) is 2. The van der Waals surface area contributed by atoms with Gasteiger partial charge in [0.2, 0.25) is 0 Å². The van der Waals surface area contributed by atoms with Crippen molar-refractivity contribution < 1.29 is 14.3 Å². The number of rotatable bonds is 4. The van der Waals surface area contributed by atoms with Gasteiger partial charge in [-0.25, -0.2) is 0 Å². The van der Waals surface area contributed by atoms with Crippen molar-refractivity contribution in [3.05, 3.63) is 81.1 Å². The van der Waals surface area contributed by atoms with E-state index >= 15 is 0 Å². The van der Waals surface area contributed by atoms with Gasteiger partial charge >= 0.3 is 0 Å². The molecule has 0 fully saturated rings. The Hall–Kier alpha value is -2.86. The summed E-state index contributed by atoms with van der Waals surface area (Å²) in [5.74, 6) is -0.0564. The first-order valence-corrected chi connectivity index (χ1v) is 11.4. The number of carbonyl (C=O) groups is 2. The van der Waals surface area contributed by atoms with Gasteiger partial charge in [0.15, 0.2) is 5.78 Å². The van der Waals surface area contributed by atoms with E-state index < -0.39 is 5.92 Å². The predicted molar refractivity (Wildman–Crippen MR) is 129 cm³/mol. The fourth-order valence-electron chi connectivity index (χ4n) is 4.70. The summed E-state index contributed by atoms with van der Waals surface area (Å²) < 4.78 is 6.52. The summed E-state index contributed by atoms with van der Waals surface area (Å²) in [7, 11) is 1.61. The lowest BCUT2D eigenvalue weighted by Gasteiger charge is -2.40. The van der Waals surface area contributed by atoms with E-state index in [1.54, 1.807) is 7.11 Å². The Labute approximate surface area is 197 Å². The molecule has 0 saturated carbocycles. The minimum atomic E-state index is -0.522. The summed E-state index contributed by atoms with van der Waals surface area (Å²) in [6, 6.07) is 15.0. The summed E-state index contributed by atoms with van der Waals surface area (Å²) in [6.07, 6.45) is 1.18. The van der Waals surface area contributed by atoms with Crippen molar-refractivity contribution in [3.63, 3.8) is 0 Å². The van der Waals surface area contributed by atoms with Crippen LogP contribution in [0.1, 0.15) is 45.1 Å². The second-order valence-corrected chi connectivity index (χ2v) is 10.1. The summed E-state index contributed by atoms with van der Waals surface area (Å²) in [6.45, 7) is 6.09. The van der Waals surface area contributed by atoms with Crippen molar-refractivity contribution in [1.82, 2.24) is 5.32 Å². The van der Waals surface area contributed by atoms with Crippen molar-refractivity contribution in [3.8, 4) is 5.75 Å². The Morgan fingerprint density at radius 3 is 2.56 bits per heavy atom. The average molecular weight is 495 g/mol. The van der Waals surface area contributed by atoms with Gasteiger partial charge in [0.05, 0.1) is 13.0 Å². The molecule has 6 heteroatoms. The fraction of sp³-hybridized carbons (Fsp3) is 0.308. The Morgan fingerprint density at radius 2 is 1.88 bits per heavy atom. The standard InChI is InChI=1S/C26H27BrN2O3/c1-15-22(25(31)29-17-8-6-5-7-9-17)23(18-12-16(27)10-11-21(18)32-4)24-19(28-15)13-26(2,3)14-20(24)30/h5-12,23,28H,13-14H2,1-4H3,(H,29,31). The lowest BCUT2D eigenvalue weighted by atomic mass is 9.68. The number of anilines is 1. The molecule has 2 N–H and O–H groups in total. The molecule has 1 atom stereocenters. The van der Waals surface area contributed by atoms with E-state index in [-0.39, 0.29) is 17.1 Å². The van der Waals surface area contributed by atoms with E-state index in [2.05, 4.69) is 40.4 Å². The van der Waals surface area contributed by atoms with E-state index in [0.717, 1.165) is 27.9 Å². The van der Waals surface area contributed by atoms with Crippen molar-refractivity contribution in [1.29, 1.82) is 0 Å². The zero-order valence-electron chi connectivity index (χ0n) is 18.7. The fourth-order valence-corrected chi connectivity index (χ4v) is 5.08. The first-order valence-electron chi connectivity index (χ1n) is 10.6. The molecule has 1 aliphatic carbocycles. The van der Waals surface area contributed by atoms with Crippen LogP contribution in [0.4, 0.5) is 5.69 Å². The number of dihydropyridines is 1. The number of benzene rings is 2. The minimum absolute atomic E-state index is 0.0632. The molecule has 1 amide bonds. The Kier molecular flexibility index (Phi) is 5.99. The van der Waals surface area contributed by atoms with Crippen LogP contribution in [0.15, 0.2) is 75.5 Å². The molecule has 166 valence electrons. The maximum Gasteiger partial charge on any atom is 0.254 e. The SMILES string of the molecule is COc1ccc(Br)cc1C1C(C(=O)Nc2ccccc2)=C(C)NC2=C1C(=O)CC(C)(C)C2. The van der Waals surface area contributed by atoms with Crippen LogP contribution in [0, 0.1) is 5.41 Å². The largest absolute Gasteiger partial charge is 0.496 e. The Morgan fingerprint density at radius 1 is 1.16 bits per heavy atom. The van der Waals surface area contributed by atoms with Gasteiger partial charge in [-0.15, -0.1) is 0 Å². The van der Waals surface area contributed by atoms with Gasteiger partial charge in [0.25, 0.3) is 5.91 Å². The lowest BCUT2D eigenvalue weighted by Crippen LogP contribution is -2.39. The van der Waals surface area contributed by atoms with Gasteiger partial charge in [0, 0.05) is 44.7 Å². The molecule has 0 radical (unpaired) electrons. The van der Waals surface area contributed by atoms with E-state index in [1.807, 2.05) is 55.5 Å². The number of amides is 1. The van der Waals surface area contributed by atoms with Crippen LogP contribution in [-0.4, -0.2) is 18.8 Å². The van der Waals surface area contributed by atoms with Crippen molar-refractivity contribution in [2.24, 2.45) is 5.41 Å².